The highest BCUT2D eigenvalue weighted by atomic mass is 16.1. The van der Waals surface area contributed by atoms with E-state index in [0.717, 1.165) is 39.0 Å². The van der Waals surface area contributed by atoms with Crippen molar-refractivity contribution in [2.24, 2.45) is 7.05 Å². The third kappa shape index (κ3) is 4.33. The smallest absolute Gasteiger partial charge is 0.253 e. The number of carbonyl (C=O) groups is 1. The third-order valence-electron chi connectivity index (χ3n) is 6.14. The van der Waals surface area contributed by atoms with Crippen molar-refractivity contribution >= 4 is 16.8 Å². The molecule has 4 rings (SSSR count). The second-order valence-electron chi connectivity index (χ2n) is 9.08. The SMILES string of the molecule is Cc1ccc(-c2cc(C(=O)NCc3c(C)cc(C)[nH]c3=O)c3c(c2)c(C(C)C)cn3C)cn1. The molecule has 6 nitrogen and oxygen atoms in total. The fourth-order valence-corrected chi connectivity index (χ4v) is 4.38. The van der Waals surface area contributed by atoms with Crippen LogP contribution in [0.15, 0.2) is 47.5 Å². The summed E-state index contributed by atoms with van der Waals surface area (Å²) in [6.45, 7) is 10.2. The predicted molar refractivity (Wildman–Crippen MR) is 133 cm³/mol. The van der Waals surface area contributed by atoms with Gasteiger partial charge in [-0.05, 0) is 67.6 Å². The van der Waals surface area contributed by atoms with Gasteiger partial charge in [-0.25, -0.2) is 0 Å². The van der Waals surface area contributed by atoms with Crippen LogP contribution in [0.2, 0.25) is 0 Å². The van der Waals surface area contributed by atoms with Gasteiger partial charge in [0.05, 0.1) is 11.1 Å². The molecule has 6 heteroatoms. The van der Waals surface area contributed by atoms with Crippen molar-refractivity contribution in [1.29, 1.82) is 0 Å². The van der Waals surface area contributed by atoms with Crippen LogP contribution in [0.5, 0.6) is 0 Å². The molecule has 0 radical (unpaired) electrons. The molecule has 170 valence electrons. The number of nitrogens with one attached hydrogen (secondary N) is 2. The van der Waals surface area contributed by atoms with Crippen LogP contribution in [0.1, 0.15) is 58.2 Å². The summed E-state index contributed by atoms with van der Waals surface area (Å²) in [5, 5.41) is 4.03. The van der Waals surface area contributed by atoms with Crippen molar-refractivity contribution in [2.45, 2.75) is 47.1 Å². The van der Waals surface area contributed by atoms with Gasteiger partial charge in [0.15, 0.2) is 0 Å². The van der Waals surface area contributed by atoms with Crippen LogP contribution in [0.25, 0.3) is 22.0 Å². The summed E-state index contributed by atoms with van der Waals surface area (Å²) in [7, 11) is 1.97. The largest absolute Gasteiger partial charge is 0.350 e. The van der Waals surface area contributed by atoms with Crippen LogP contribution < -0.4 is 10.9 Å². The summed E-state index contributed by atoms with van der Waals surface area (Å²) in [5.74, 6) is 0.0996. The van der Waals surface area contributed by atoms with Gasteiger partial charge in [0.2, 0.25) is 0 Å². The van der Waals surface area contributed by atoms with Crippen LogP contribution in [0.3, 0.4) is 0 Å². The van der Waals surface area contributed by atoms with Crippen molar-refractivity contribution in [3.05, 3.63) is 86.7 Å². The summed E-state index contributed by atoms with van der Waals surface area (Å²) < 4.78 is 2.01. The first-order chi connectivity index (χ1) is 15.7. The molecule has 0 aliphatic rings. The number of rotatable bonds is 5. The molecule has 0 aliphatic heterocycles. The standard InChI is InChI=1S/C27H30N4O2/c1-15(2)24-14-31(6)25-21(24)10-20(19-8-7-17(4)28-12-19)11-22(25)26(32)29-13-23-16(3)9-18(5)30-27(23)33/h7-12,14-15H,13H2,1-6H3,(H,29,32)(H,30,33). The van der Waals surface area contributed by atoms with Gasteiger partial charge in [0.1, 0.15) is 0 Å². The molecular weight excluding hydrogens is 412 g/mol. The van der Waals surface area contributed by atoms with Gasteiger partial charge < -0.3 is 14.9 Å². The number of carbonyl (C=O) groups excluding carboxylic acids is 1. The molecule has 0 saturated carbocycles. The van der Waals surface area contributed by atoms with E-state index in [4.69, 9.17) is 0 Å². The Morgan fingerprint density at radius 2 is 1.88 bits per heavy atom. The molecule has 4 aromatic rings. The molecule has 0 aliphatic carbocycles. The molecule has 1 amide bonds. The molecule has 0 unspecified atom stereocenters. The first-order valence-corrected chi connectivity index (χ1v) is 11.2. The summed E-state index contributed by atoms with van der Waals surface area (Å²) in [5.41, 5.74) is 7.57. The first-order valence-electron chi connectivity index (χ1n) is 11.2. The number of benzene rings is 1. The summed E-state index contributed by atoms with van der Waals surface area (Å²) >= 11 is 0. The van der Waals surface area contributed by atoms with Gasteiger partial charge in [-0.1, -0.05) is 19.9 Å². The van der Waals surface area contributed by atoms with E-state index in [0.29, 0.717) is 17.0 Å². The van der Waals surface area contributed by atoms with Crippen molar-refractivity contribution in [1.82, 2.24) is 19.9 Å². The van der Waals surface area contributed by atoms with E-state index in [-0.39, 0.29) is 18.0 Å². The summed E-state index contributed by atoms with van der Waals surface area (Å²) in [6.07, 6.45) is 3.93. The first kappa shape index (κ1) is 22.5. The van der Waals surface area contributed by atoms with E-state index < -0.39 is 0 Å². The van der Waals surface area contributed by atoms with E-state index in [1.807, 2.05) is 62.8 Å². The zero-order valence-corrected chi connectivity index (χ0v) is 20.0. The molecular formula is C27H30N4O2. The Kier molecular flexibility index (Phi) is 5.93. The second kappa shape index (κ2) is 8.70. The topological polar surface area (TPSA) is 79.8 Å². The Morgan fingerprint density at radius 1 is 1.12 bits per heavy atom. The van der Waals surface area contributed by atoms with Crippen molar-refractivity contribution in [3.8, 4) is 11.1 Å². The minimum Gasteiger partial charge on any atom is -0.350 e. The van der Waals surface area contributed by atoms with Crippen LogP contribution in [-0.2, 0) is 13.6 Å². The lowest BCUT2D eigenvalue weighted by Gasteiger charge is -2.13. The average molecular weight is 443 g/mol. The maximum Gasteiger partial charge on any atom is 0.253 e. The molecule has 0 saturated heterocycles. The van der Waals surface area contributed by atoms with Gasteiger partial charge >= 0.3 is 0 Å². The van der Waals surface area contributed by atoms with Crippen LogP contribution in [0.4, 0.5) is 0 Å². The molecule has 0 fully saturated rings. The number of hydrogen-bond donors (Lipinski definition) is 2. The Balaban J connectivity index is 1.80. The van der Waals surface area contributed by atoms with E-state index >= 15 is 0 Å². The molecule has 33 heavy (non-hydrogen) atoms. The molecule has 1 aromatic carbocycles. The number of pyridine rings is 2. The van der Waals surface area contributed by atoms with Crippen molar-refractivity contribution in [3.63, 3.8) is 0 Å². The van der Waals surface area contributed by atoms with Crippen molar-refractivity contribution in [2.75, 3.05) is 0 Å². The van der Waals surface area contributed by atoms with E-state index in [1.165, 1.54) is 5.56 Å². The quantitative estimate of drug-likeness (QED) is 0.461. The lowest BCUT2D eigenvalue weighted by Crippen LogP contribution is -2.28. The number of amides is 1. The fourth-order valence-electron chi connectivity index (χ4n) is 4.38. The highest BCUT2D eigenvalue weighted by molar-refractivity contribution is 6.08. The summed E-state index contributed by atoms with van der Waals surface area (Å²) in [6, 6.07) is 9.97. The maximum atomic E-state index is 13.4. The normalized spacial score (nSPS) is 11.4. The van der Waals surface area contributed by atoms with Gasteiger partial charge in [0, 0.05) is 53.9 Å². The average Bonchev–Trinajstić information content (AvgIpc) is 3.09. The fraction of sp³-hybridized carbons (Fsp3) is 0.296. The molecule has 3 aromatic heterocycles. The Morgan fingerprint density at radius 3 is 2.52 bits per heavy atom. The zero-order chi connectivity index (χ0) is 23.9. The number of hydrogen-bond acceptors (Lipinski definition) is 3. The highest BCUT2D eigenvalue weighted by Gasteiger charge is 2.20. The molecule has 0 bridgehead atoms. The minimum absolute atomic E-state index is 0.166. The number of aryl methyl sites for hydroxylation is 4. The molecule has 3 heterocycles. The number of aromatic amines is 1. The van der Waals surface area contributed by atoms with E-state index in [2.05, 4.69) is 41.4 Å². The third-order valence-corrected chi connectivity index (χ3v) is 6.14. The van der Waals surface area contributed by atoms with Gasteiger partial charge in [0.25, 0.3) is 11.5 Å². The molecule has 2 N–H and O–H groups in total. The molecule has 0 spiro atoms. The van der Waals surface area contributed by atoms with Gasteiger partial charge in [-0.2, -0.15) is 0 Å². The maximum absolute atomic E-state index is 13.4. The number of aromatic nitrogens is 3. The predicted octanol–water partition coefficient (Wildman–Crippen LogP) is 4.91. The zero-order valence-electron chi connectivity index (χ0n) is 20.0. The monoisotopic (exact) mass is 442 g/mol. The van der Waals surface area contributed by atoms with Gasteiger partial charge in [-0.15, -0.1) is 0 Å². The van der Waals surface area contributed by atoms with Crippen LogP contribution in [0, 0.1) is 20.8 Å². The highest BCUT2D eigenvalue weighted by Crippen LogP contribution is 2.34. The Hall–Kier alpha value is -3.67. The number of H-pyrrole nitrogens is 1. The Bertz CT molecular complexity index is 1410. The Labute approximate surface area is 193 Å². The summed E-state index contributed by atoms with van der Waals surface area (Å²) in [4.78, 5) is 33.1. The lowest BCUT2D eigenvalue weighted by molar-refractivity contribution is 0.0952. The number of fused-ring (bicyclic) bond motifs is 1. The van der Waals surface area contributed by atoms with Gasteiger partial charge in [-0.3, -0.25) is 14.6 Å². The minimum atomic E-state index is -0.210. The van der Waals surface area contributed by atoms with Crippen LogP contribution in [-0.4, -0.2) is 20.4 Å². The van der Waals surface area contributed by atoms with E-state index in [9.17, 15) is 9.59 Å². The van der Waals surface area contributed by atoms with Crippen molar-refractivity contribution < 1.29 is 4.79 Å². The second-order valence-corrected chi connectivity index (χ2v) is 9.08. The molecule has 0 atom stereocenters. The van der Waals surface area contributed by atoms with Crippen LogP contribution >= 0.6 is 0 Å². The number of nitrogens with zero attached hydrogens (tertiary/aromatic N) is 2. The lowest BCUT2D eigenvalue weighted by atomic mass is 9.96. The van der Waals surface area contributed by atoms with E-state index in [1.54, 1.807) is 0 Å².